The number of nitrogens with one attached hydrogen (secondary N) is 3. The first-order valence-corrected chi connectivity index (χ1v) is 12.8. The number of anilines is 3. The van der Waals surface area contributed by atoms with E-state index in [0.29, 0.717) is 17.2 Å². The molecule has 10 heteroatoms. The summed E-state index contributed by atoms with van der Waals surface area (Å²) in [4.78, 5) is 20.5. The van der Waals surface area contributed by atoms with Crippen molar-refractivity contribution in [2.75, 3.05) is 16.0 Å². The van der Waals surface area contributed by atoms with Crippen LogP contribution in [-0.2, 0) is 4.79 Å². The van der Waals surface area contributed by atoms with Crippen LogP contribution < -0.4 is 20.7 Å². The summed E-state index contributed by atoms with van der Waals surface area (Å²) in [6, 6.07) is 9.85. The van der Waals surface area contributed by atoms with Crippen molar-refractivity contribution in [2.45, 2.75) is 32.6 Å². The van der Waals surface area contributed by atoms with Gasteiger partial charge in [-0.05, 0) is 62.4 Å². The van der Waals surface area contributed by atoms with Crippen molar-refractivity contribution >= 4 is 28.7 Å². The van der Waals surface area contributed by atoms with Crippen LogP contribution in [0.15, 0.2) is 79.5 Å². The summed E-state index contributed by atoms with van der Waals surface area (Å²) in [6.07, 6.45) is 8.71. The Morgan fingerprint density at radius 2 is 1.90 bits per heavy atom. The molecule has 0 saturated heterocycles. The Morgan fingerprint density at radius 3 is 2.62 bits per heavy atom. The van der Waals surface area contributed by atoms with Crippen molar-refractivity contribution < 1.29 is 13.9 Å². The maximum absolute atomic E-state index is 15.0. The second-order valence-electron chi connectivity index (χ2n) is 10.1. The summed E-state index contributed by atoms with van der Waals surface area (Å²) in [5, 5.41) is 13.7. The molecule has 2 aliphatic rings. The molecule has 6 rings (SSSR count). The molecule has 0 unspecified atom stereocenters. The fraction of sp³-hybridized carbons (Fsp3) is 0.241. The number of rotatable bonds is 10. The van der Waals surface area contributed by atoms with E-state index in [2.05, 4.69) is 44.2 Å². The monoisotopic (exact) mass is 525 g/mol. The number of fused-ring (bicyclic) bond motifs is 1. The molecule has 2 aliphatic carbocycles. The molecular formula is C29H28FN7O2. The van der Waals surface area contributed by atoms with Gasteiger partial charge in [0.25, 0.3) is 0 Å². The molecule has 0 bridgehead atoms. The van der Waals surface area contributed by atoms with E-state index >= 15 is 4.39 Å². The van der Waals surface area contributed by atoms with Crippen molar-refractivity contribution in [2.24, 2.45) is 11.3 Å². The van der Waals surface area contributed by atoms with E-state index in [-0.39, 0.29) is 28.9 Å². The fourth-order valence-corrected chi connectivity index (χ4v) is 4.41. The van der Waals surface area contributed by atoms with Crippen LogP contribution in [0.1, 0.15) is 31.2 Å². The Morgan fingerprint density at radius 1 is 1.10 bits per heavy atom. The largest absolute Gasteiger partial charge is 0.434 e. The average molecular weight is 526 g/mol. The maximum Gasteiger partial charge on any atom is 0.237 e. The summed E-state index contributed by atoms with van der Waals surface area (Å²) < 4.78 is 22.2. The van der Waals surface area contributed by atoms with Crippen LogP contribution in [0.3, 0.4) is 0 Å². The number of benzene rings is 1. The van der Waals surface area contributed by atoms with Crippen LogP contribution >= 0.6 is 0 Å². The summed E-state index contributed by atoms with van der Waals surface area (Å²) >= 11 is 0. The third kappa shape index (κ3) is 5.05. The van der Waals surface area contributed by atoms with E-state index in [4.69, 9.17) is 4.74 Å². The van der Waals surface area contributed by atoms with Gasteiger partial charge in [0.15, 0.2) is 23.0 Å². The van der Waals surface area contributed by atoms with Crippen molar-refractivity contribution in [3.8, 4) is 11.6 Å². The SMILES string of the molecule is C=C(Nc1ccc(Oc2ccc3nc(NC(=O)C4CC4)cn3n2)c(F)c1)C1(C(=C)Nc2cnccc2C)CC1. The van der Waals surface area contributed by atoms with E-state index in [1.165, 1.54) is 16.6 Å². The van der Waals surface area contributed by atoms with Crippen LogP contribution in [0.25, 0.3) is 5.65 Å². The zero-order valence-electron chi connectivity index (χ0n) is 21.5. The molecule has 1 aromatic carbocycles. The molecule has 2 fully saturated rings. The summed E-state index contributed by atoms with van der Waals surface area (Å²) in [5.41, 5.74) is 4.30. The van der Waals surface area contributed by atoms with Crippen LogP contribution in [0.5, 0.6) is 11.6 Å². The van der Waals surface area contributed by atoms with Gasteiger partial charge < -0.3 is 20.7 Å². The number of aromatic nitrogens is 4. The molecule has 0 atom stereocenters. The minimum Gasteiger partial charge on any atom is -0.434 e. The molecule has 3 heterocycles. The number of pyridine rings is 1. The van der Waals surface area contributed by atoms with E-state index in [1.807, 2.05) is 13.0 Å². The number of ether oxygens (including phenoxy) is 1. The van der Waals surface area contributed by atoms with Crippen molar-refractivity contribution in [3.05, 3.63) is 90.9 Å². The van der Waals surface area contributed by atoms with Crippen LogP contribution in [0, 0.1) is 24.1 Å². The number of aryl methyl sites for hydroxylation is 1. The van der Waals surface area contributed by atoms with Gasteiger partial charge in [0.1, 0.15) is 0 Å². The lowest BCUT2D eigenvalue weighted by molar-refractivity contribution is -0.117. The first kappa shape index (κ1) is 24.6. The number of hydrogen-bond donors (Lipinski definition) is 3. The van der Waals surface area contributed by atoms with E-state index in [0.717, 1.165) is 48.3 Å². The highest BCUT2D eigenvalue weighted by molar-refractivity contribution is 5.93. The third-order valence-electron chi connectivity index (χ3n) is 7.17. The maximum atomic E-state index is 15.0. The quantitative estimate of drug-likeness (QED) is 0.232. The summed E-state index contributed by atoms with van der Waals surface area (Å²) in [7, 11) is 0. The Bertz CT molecular complexity index is 1620. The van der Waals surface area contributed by atoms with Gasteiger partial charge in [0, 0.05) is 46.7 Å². The van der Waals surface area contributed by atoms with Gasteiger partial charge in [-0.15, -0.1) is 5.10 Å². The minimum atomic E-state index is -0.550. The molecule has 9 nitrogen and oxygen atoms in total. The lowest BCUT2D eigenvalue weighted by atomic mass is 9.98. The zero-order chi connectivity index (χ0) is 27.1. The van der Waals surface area contributed by atoms with E-state index < -0.39 is 5.82 Å². The van der Waals surface area contributed by atoms with Gasteiger partial charge in [-0.3, -0.25) is 9.78 Å². The molecule has 1 amide bonds. The molecule has 0 aliphatic heterocycles. The highest BCUT2D eigenvalue weighted by atomic mass is 19.1. The first-order valence-electron chi connectivity index (χ1n) is 12.8. The molecule has 3 aromatic heterocycles. The second-order valence-corrected chi connectivity index (χ2v) is 10.1. The number of carbonyl (C=O) groups is 1. The molecule has 198 valence electrons. The highest BCUT2D eigenvalue weighted by Gasteiger charge is 2.48. The standard InChI is InChI=1S/C29H28FN7O2/c1-17-10-13-31-15-23(17)33-19(3)29(11-12-29)18(2)32-21-6-7-24(22(30)14-21)39-27-9-8-26-34-25(16-37(26)36-27)35-28(38)20-4-5-20/h6-10,13-16,20,32-33H,2-5,11-12H2,1H3,(H,35,38). The Labute approximate surface area is 224 Å². The molecule has 2 saturated carbocycles. The van der Waals surface area contributed by atoms with Gasteiger partial charge in [0.05, 0.1) is 18.1 Å². The number of nitrogens with zero attached hydrogens (tertiary/aromatic N) is 4. The van der Waals surface area contributed by atoms with Gasteiger partial charge in [0.2, 0.25) is 11.8 Å². The lowest BCUT2D eigenvalue weighted by Crippen LogP contribution is -2.19. The second kappa shape index (κ2) is 9.54. The number of amides is 1. The van der Waals surface area contributed by atoms with Crippen LogP contribution in [0.4, 0.5) is 21.6 Å². The average Bonchev–Trinajstić information content (AvgIpc) is 3.83. The molecule has 39 heavy (non-hydrogen) atoms. The highest BCUT2D eigenvalue weighted by Crippen LogP contribution is 2.56. The Kier molecular flexibility index (Phi) is 6.02. The molecule has 3 N–H and O–H groups in total. The summed E-state index contributed by atoms with van der Waals surface area (Å²) in [6.45, 7) is 10.5. The van der Waals surface area contributed by atoms with Crippen molar-refractivity contribution in [1.29, 1.82) is 0 Å². The lowest BCUT2D eigenvalue weighted by Gasteiger charge is -2.24. The Balaban J connectivity index is 1.11. The zero-order valence-corrected chi connectivity index (χ0v) is 21.5. The molecular weight excluding hydrogens is 497 g/mol. The Hall–Kier alpha value is -4.73. The van der Waals surface area contributed by atoms with Gasteiger partial charge >= 0.3 is 0 Å². The molecule has 0 radical (unpaired) electrons. The number of hydrogen-bond acceptors (Lipinski definition) is 7. The van der Waals surface area contributed by atoms with Crippen LogP contribution in [-0.4, -0.2) is 25.5 Å². The van der Waals surface area contributed by atoms with E-state index in [1.54, 1.807) is 36.8 Å². The van der Waals surface area contributed by atoms with E-state index in [9.17, 15) is 4.79 Å². The van der Waals surface area contributed by atoms with Gasteiger partial charge in [-0.1, -0.05) is 13.2 Å². The topological polar surface area (TPSA) is 105 Å². The normalized spacial score (nSPS) is 15.4. The predicted molar refractivity (Wildman–Crippen MR) is 147 cm³/mol. The number of halogens is 1. The van der Waals surface area contributed by atoms with Gasteiger partial charge in [-0.2, -0.15) is 0 Å². The smallest absolute Gasteiger partial charge is 0.237 e. The number of imidazole rings is 1. The van der Waals surface area contributed by atoms with Crippen molar-refractivity contribution in [1.82, 2.24) is 19.6 Å². The van der Waals surface area contributed by atoms with Crippen LogP contribution in [0.2, 0.25) is 0 Å². The number of carbonyl (C=O) groups excluding carboxylic acids is 1. The van der Waals surface area contributed by atoms with Gasteiger partial charge in [-0.25, -0.2) is 13.9 Å². The molecule has 4 aromatic rings. The predicted octanol–water partition coefficient (Wildman–Crippen LogP) is 6.04. The minimum absolute atomic E-state index is 0.0275. The fourth-order valence-electron chi connectivity index (χ4n) is 4.41. The summed E-state index contributed by atoms with van der Waals surface area (Å²) in [5.74, 6) is 0.116. The molecule has 0 spiro atoms. The van der Waals surface area contributed by atoms with Crippen molar-refractivity contribution in [3.63, 3.8) is 0 Å². The third-order valence-corrected chi connectivity index (χ3v) is 7.17. The first-order chi connectivity index (χ1) is 18.8.